The number of hydrogen-bond donors (Lipinski definition) is 0. The van der Waals surface area contributed by atoms with Gasteiger partial charge in [-0.25, -0.2) is 9.59 Å². The Hall–Kier alpha value is -1.40. The largest absolute Gasteiger partial charge is 0.461 e. The van der Waals surface area contributed by atoms with Crippen LogP contribution in [0.15, 0.2) is 12.2 Å². The molecule has 1 heterocycles. The quantitative estimate of drug-likeness (QED) is 0.355. The summed E-state index contributed by atoms with van der Waals surface area (Å²) in [5.74, 6) is 1.15. The zero-order valence-electron chi connectivity index (χ0n) is 15.8. The molecule has 0 spiro atoms. The lowest BCUT2D eigenvalue weighted by Crippen LogP contribution is -2.30. The van der Waals surface area contributed by atoms with Crippen molar-refractivity contribution in [1.82, 2.24) is 0 Å². The summed E-state index contributed by atoms with van der Waals surface area (Å²) >= 11 is 0. The van der Waals surface area contributed by atoms with E-state index < -0.39 is 6.10 Å². The Morgan fingerprint density at radius 1 is 1.19 bits per heavy atom. The van der Waals surface area contributed by atoms with E-state index in [1.165, 1.54) is 6.42 Å². The van der Waals surface area contributed by atoms with Crippen molar-refractivity contribution in [2.75, 3.05) is 19.8 Å². The third-order valence-electron chi connectivity index (χ3n) is 5.80. The highest BCUT2D eigenvalue weighted by atomic mass is 16.6. The van der Waals surface area contributed by atoms with Crippen LogP contribution in [0.2, 0.25) is 0 Å². The van der Waals surface area contributed by atoms with Crippen LogP contribution in [-0.2, 0) is 28.5 Å². The fourth-order valence-electron chi connectivity index (χ4n) is 4.58. The first-order valence-corrected chi connectivity index (χ1v) is 9.70. The van der Waals surface area contributed by atoms with Gasteiger partial charge in [0.1, 0.15) is 12.2 Å². The second-order valence-corrected chi connectivity index (χ2v) is 7.96. The highest BCUT2D eigenvalue weighted by molar-refractivity contribution is 5.87. The van der Waals surface area contributed by atoms with Crippen molar-refractivity contribution >= 4 is 11.9 Å². The summed E-state index contributed by atoms with van der Waals surface area (Å²) in [4.78, 5) is 23.2. The fraction of sp³-hybridized carbons (Fsp3) is 0.800. The second-order valence-electron chi connectivity index (χ2n) is 7.96. The summed E-state index contributed by atoms with van der Waals surface area (Å²) in [7, 11) is 0. The molecule has 3 rings (SSSR count). The Morgan fingerprint density at radius 3 is 2.65 bits per heavy atom. The van der Waals surface area contributed by atoms with Gasteiger partial charge in [0.15, 0.2) is 6.10 Å². The third kappa shape index (κ3) is 4.65. The van der Waals surface area contributed by atoms with Crippen molar-refractivity contribution in [3.05, 3.63) is 12.2 Å². The van der Waals surface area contributed by atoms with E-state index in [-0.39, 0.29) is 24.1 Å². The molecule has 146 valence electrons. The zero-order valence-corrected chi connectivity index (χ0v) is 15.8. The second kappa shape index (κ2) is 8.53. The van der Waals surface area contributed by atoms with Gasteiger partial charge in [-0.1, -0.05) is 6.58 Å². The maximum absolute atomic E-state index is 11.8. The van der Waals surface area contributed by atoms with Crippen LogP contribution in [0, 0.1) is 17.8 Å². The lowest BCUT2D eigenvalue weighted by Gasteiger charge is -2.29. The van der Waals surface area contributed by atoms with Gasteiger partial charge in [0.2, 0.25) is 0 Å². The van der Waals surface area contributed by atoms with Gasteiger partial charge in [-0.15, -0.1) is 0 Å². The van der Waals surface area contributed by atoms with Crippen molar-refractivity contribution < 1.29 is 28.5 Å². The molecule has 3 fully saturated rings. The molecule has 0 aromatic heterocycles. The van der Waals surface area contributed by atoms with Crippen LogP contribution in [0.1, 0.15) is 46.0 Å². The van der Waals surface area contributed by atoms with E-state index in [4.69, 9.17) is 18.9 Å². The van der Waals surface area contributed by atoms with E-state index in [9.17, 15) is 9.59 Å². The number of ether oxygens (including phenoxy) is 4. The van der Waals surface area contributed by atoms with Crippen molar-refractivity contribution in [2.45, 2.75) is 64.3 Å². The Bertz CT molecular complexity index is 544. The first-order chi connectivity index (χ1) is 12.4. The van der Waals surface area contributed by atoms with Crippen molar-refractivity contribution in [3.63, 3.8) is 0 Å². The van der Waals surface area contributed by atoms with Gasteiger partial charge in [-0.3, -0.25) is 0 Å². The van der Waals surface area contributed by atoms with Gasteiger partial charge in [-0.05, 0) is 57.3 Å². The van der Waals surface area contributed by atoms with Crippen LogP contribution < -0.4 is 0 Å². The summed E-state index contributed by atoms with van der Waals surface area (Å²) < 4.78 is 21.9. The molecule has 2 bridgehead atoms. The molecule has 0 aromatic carbocycles. The van der Waals surface area contributed by atoms with E-state index in [1.54, 1.807) is 6.92 Å². The van der Waals surface area contributed by atoms with Gasteiger partial charge < -0.3 is 18.9 Å². The van der Waals surface area contributed by atoms with Crippen molar-refractivity contribution in [1.29, 1.82) is 0 Å². The molecule has 0 amide bonds. The molecule has 1 saturated heterocycles. The maximum atomic E-state index is 11.8. The van der Waals surface area contributed by atoms with Crippen molar-refractivity contribution in [3.8, 4) is 0 Å². The molecule has 26 heavy (non-hydrogen) atoms. The number of cyclic esters (lactones) is 1. The van der Waals surface area contributed by atoms with Crippen molar-refractivity contribution in [2.24, 2.45) is 17.8 Å². The highest BCUT2D eigenvalue weighted by Crippen LogP contribution is 2.51. The van der Waals surface area contributed by atoms with E-state index in [0.717, 1.165) is 19.3 Å². The third-order valence-corrected chi connectivity index (χ3v) is 5.80. The van der Waals surface area contributed by atoms with Gasteiger partial charge in [0.25, 0.3) is 0 Å². The highest BCUT2D eigenvalue weighted by Gasteiger charge is 2.47. The van der Waals surface area contributed by atoms with Gasteiger partial charge >= 0.3 is 11.9 Å². The molecule has 6 nitrogen and oxygen atoms in total. The Labute approximate surface area is 155 Å². The zero-order chi connectivity index (χ0) is 18.7. The number of rotatable bonds is 9. The van der Waals surface area contributed by atoms with Gasteiger partial charge in [0.05, 0.1) is 13.2 Å². The SMILES string of the molecule is C=C(C)C(=O)OC1CC2CC(CCOCCOC3CC(C)OC3=O)C1C2. The Balaban J connectivity index is 1.30. The standard InChI is InChI=1S/C20H30O6/c1-12(2)19(21)26-17-11-14-9-15(16(17)10-14)4-5-23-6-7-24-18-8-13(3)25-20(18)22/h13-18H,1,4-11H2,2-3H3. The van der Waals surface area contributed by atoms with E-state index in [2.05, 4.69) is 6.58 Å². The number of carbonyl (C=O) groups excluding carboxylic acids is 2. The molecule has 3 aliphatic rings. The summed E-state index contributed by atoms with van der Waals surface area (Å²) in [5.41, 5.74) is 0.466. The lowest BCUT2D eigenvalue weighted by molar-refractivity contribution is -0.150. The smallest absolute Gasteiger partial charge is 0.335 e. The number of fused-ring (bicyclic) bond motifs is 2. The minimum atomic E-state index is -0.442. The minimum absolute atomic E-state index is 0.0432. The van der Waals surface area contributed by atoms with Crippen LogP contribution in [0.3, 0.4) is 0 Å². The minimum Gasteiger partial charge on any atom is -0.461 e. The van der Waals surface area contributed by atoms with E-state index >= 15 is 0 Å². The first-order valence-electron chi connectivity index (χ1n) is 9.70. The average Bonchev–Trinajstić information content (AvgIpc) is 3.24. The van der Waals surface area contributed by atoms with Crippen LogP contribution in [0.5, 0.6) is 0 Å². The lowest BCUT2D eigenvalue weighted by atomic mass is 9.84. The molecular weight excluding hydrogens is 336 g/mol. The molecule has 0 aromatic rings. The first kappa shape index (κ1) is 19.4. The molecule has 2 aliphatic carbocycles. The Morgan fingerprint density at radius 2 is 2.00 bits per heavy atom. The predicted molar refractivity (Wildman–Crippen MR) is 94.4 cm³/mol. The van der Waals surface area contributed by atoms with Crippen LogP contribution in [0.25, 0.3) is 0 Å². The van der Waals surface area contributed by atoms with E-state index in [0.29, 0.717) is 49.6 Å². The van der Waals surface area contributed by atoms with Crippen LogP contribution in [-0.4, -0.2) is 50.1 Å². The summed E-state index contributed by atoms with van der Waals surface area (Å²) in [6.45, 7) is 8.77. The van der Waals surface area contributed by atoms with E-state index in [1.807, 2.05) is 6.92 Å². The number of esters is 2. The molecule has 1 aliphatic heterocycles. The predicted octanol–water partition coefficient (Wildman–Crippen LogP) is 2.65. The maximum Gasteiger partial charge on any atom is 0.335 e. The monoisotopic (exact) mass is 366 g/mol. The molecule has 6 atom stereocenters. The number of hydrogen-bond acceptors (Lipinski definition) is 6. The molecule has 0 radical (unpaired) electrons. The number of carbonyl (C=O) groups is 2. The molecule has 6 heteroatoms. The van der Waals surface area contributed by atoms with Gasteiger partial charge in [0, 0.05) is 18.6 Å². The molecule has 0 N–H and O–H groups in total. The topological polar surface area (TPSA) is 71.1 Å². The summed E-state index contributed by atoms with van der Waals surface area (Å²) in [5, 5.41) is 0. The normalized spacial score (nSPS) is 35.5. The summed E-state index contributed by atoms with van der Waals surface area (Å²) in [6, 6.07) is 0. The Kier molecular flexibility index (Phi) is 6.35. The van der Waals surface area contributed by atoms with Crippen LogP contribution in [0.4, 0.5) is 0 Å². The molecule has 6 unspecified atom stereocenters. The van der Waals surface area contributed by atoms with Crippen LogP contribution >= 0.6 is 0 Å². The molecule has 2 saturated carbocycles. The summed E-state index contributed by atoms with van der Waals surface area (Å²) in [6.07, 6.45) is 4.49. The molecular formula is C20H30O6. The average molecular weight is 366 g/mol. The van der Waals surface area contributed by atoms with Gasteiger partial charge in [-0.2, -0.15) is 0 Å². The fourth-order valence-corrected chi connectivity index (χ4v) is 4.58.